The molecule has 2 rings (SSSR count). The molecule has 0 aliphatic heterocycles. The molecule has 0 atom stereocenters. The second kappa shape index (κ2) is 9.99. The minimum Gasteiger partial charge on any atom is -0.493 e. The van der Waals surface area contributed by atoms with Crippen molar-refractivity contribution in [2.24, 2.45) is 0 Å². The SMILES string of the molecule is COc1cc(CNCC2(O)CCCCC2)cc(OC)c1OC(F)F.Cl. The Labute approximate surface area is 153 Å². The fourth-order valence-electron chi connectivity index (χ4n) is 3.07. The van der Waals surface area contributed by atoms with Gasteiger partial charge in [0.25, 0.3) is 0 Å². The van der Waals surface area contributed by atoms with Crippen molar-refractivity contribution in [3.8, 4) is 17.2 Å². The van der Waals surface area contributed by atoms with E-state index in [1.165, 1.54) is 20.6 Å². The maximum atomic E-state index is 12.5. The van der Waals surface area contributed by atoms with Gasteiger partial charge >= 0.3 is 6.61 Å². The standard InChI is InChI=1S/C17H25F2NO4.ClH/c1-22-13-8-12(9-14(23-2)15(13)24-16(18)19)10-20-11-17(21)6-4-3-5-7-17;/h8-9,16,20-21H,3-7,10-11H2,1-2H3;1H. The quantitative estimate of drug-likeness (QED) is 0.721. The summed E-state index contributed by atoms with van der Waals surface area (Å²) < 4.78 is 39.8. The molecular formula is C17H26ClF2NO4. The molecular weight excluding hydrogens is 356 g/mol. The van der Waals surface area contributed by atoms with Crippen LogP contribution in [-0.4, -0.2) is 38.1 Å². The van der Waals surface area contributed by atoms with E-state index < -0.39 is 12.2 Å². The Kier molecular flexibility index (Phi) is 8.68. The smallest absolute Gasteiger partial charge is 0.387 e. The number of methoxy groups -OCH3 is 2. The maximum absolute atomic E-state index is 12.5. The number of ether oxygens (including phenoxy) is 3. The third-order valence-corrected chi connectivity index (χ3v) is 4.29. The number of nitrogens with one attached hydrogen (secondary N) is 1. The molecule has 0 spiro atoms. The number of rotatable bonds is 8. The fraction of sp³-hybridized carbons (Fsp3) is 0.647. The van der Waals surface area contributed by atoms with Gasteiger partial charge in [0.15, 0.2) is 11.5 Å². The van der Waals surface area contributed by atoms with E-state index in [1.54, 1.807) is 12.1 Å². The lowest BCUT2D eigenvalue weighted by molar-refractivity contribution is -0.0526. The van der Waals surface area contributed by atoms with Crippen molar-refractivity contribution >= 4 is 12.4 Å². The van der Waals surface area contributed by atoms with E-state index in [0.717, 1.165) is 31.2 Å². The van der Waals surface area contributed by atoms with Crippen molar-refractivity contribution in [1.82, 2.24) is 5.32 Å². The summed E-state index contributed by atoms with van der Waals surface area (Å²) in [7, 11) is 2.77. The molecule has 0 saturated heterocycles. The summed E-state index contributed by atoms with van der Waals surface area (Å²) in [5.41, 5.74) is 0.134. The lowest BCUT2D eigenvalue weighted by Crippen LogP contribution is -2.41. The fourth-order valence-corrected chi connectivity index (χ4v) is 3.07. The average Bonchev–Trinajstić information content (AvgIpc) is 2.55. The van der Waals surface area contributed by atoms with E-state index in [-0.39, 0.29) is 29.7 Å². The van der Waals surface area contributed by atoms with E-state index in [4.69, 9.17) is 9.47 Å². The zero-order chi connectivity index (χ0) is 17.6. The monoisotopic (exact) mass is 381 g/mol. The number of halogens is 3. The van der Waals surface area contributed by atoms with E-state index in [0.29, 0.717) is 13.1 Å². The molecule has 25 heavy (non-hydrogen) atoms. The van der Waals surface area contributed by atoms with Crippen molar-refractivity contribution in [2.45, 2.75) is 50.9 Å². The van der Waals surface area contributed by atoms with E-state index in [2.05, 4.69) is 10.1 Å². The number of alkyl halides is 2. The van der Waals surface area contributed by atoms with Crippen molar-refractivity contribution < 1.29 is 28.1 Å². The molecule has 0 bridgehead atoms. The molecule has 1 saturated carbocycles. The Hall–Kier alpha value is -1.31. The van der Waals surface area contributed by atoms with Crippen LogP contribution in [0.1, 0.15) is 37.7 Å². The first-order valence-corrected chi connectivity index (χ1v) is 8.10. The van der Waals surface area contributed by atoms with Crippen LogP contribution in [0.2, 0.25) is 0 Å². The number of hydrogen-bond acceptors (Lipinski definition) is 5. The second-order valence-electron chi connectivity index (χ2n) is 6.10. The molecule has 0 radical (unpaired) electrons. The molecule has 5 nitrogen and oxygen atoms in total. The number of aliphatic hydroxyl groups is 1. The average molecular weight is 382 g/mol. The first-order valence-electron chi connectivity index (χ1n) is 8.10. The van der Waals surface area contributed by atoms with Gasteiger partial charge in [-0.3, -0.25) is 0 Å². The van der Waals surface area contributed by atoms with Crippen LogP contribution >= 0.6 is 12.4 Å². The van der Waals surface area contributed by atoms with Crippen LogP contribution in [0.5, 0.6) is 17.2 Å². The van der Waals surface area contributed by atoms with Crippen LogP contribution in [0.4, 0.5) is 8.78 Å². The van der Waals surface area contributed by atoms with Gasteiger partial charge in [-0.15, -0.1) is 12.4 Å². The molecule has 1 aromatic rings. The van der Waals surface area contributed by atoms with Gasteiger partial charge in [-0.2, -0.15) is 8.78 Å². The first-order chi connectivity index (χ1) is 11.5. The molecule has 1 aliphatic rings. The van der Waals surface area contributed by atoms with Gasteiger partial charge in [0.05, 0.1) is 19.8 Å². The summed E-state index contributed by atoms with van der Waals surface area (Å²) >= 11 is 0. The lowest BCUT2D eigenvalue weighted by atomic mass is 9.85. The van der Waals surface area contributed by atoms with Crippen LogP contribution in [0, 0.1) is 0 Å². The third-order valence-electron chi connectivity index (χ3n) is 4.29. The molecule has 0 unspecified atom stereocenters. The molecule has 144 valence electrons. The molecule has 1 aliphatic carbocycles. The van der Waals surface area contributed by atoms with E-state index >= 15 is 0 Å². The summed E-state index contributed by atoms with van der Waals surface area (Å²) in [5.74, 6) is 0.246. The van der Waals surface area contributed by atoms with Gasteiger partial charge in [0, 0.05) is 13.1 Å². The van der Waals surface area contributed by atoms with Gasteiger partial charge < -0.3 is 24.6 Å². The minimum atomic E-state index is -2.96. The first kappa shape index (κ1) is 21.7. The molecule has 2 N–H and O–H groups in total. The van der Waals surface area contributed by atoms with Crippen LogP contribution in [0.3, 0.4) is 0 Å². The van der Waals surface area contributed by atoms with Gasteiger partial charge in [-0.25, -0.2) is 0 Å². The van der Waals surface area contributed by atoms with Crippen LogP contribution in [0.25, 0.3) is 0 Å². The Morgan fingerprint density at radius 2 is 1.68 bits per heavy atom. The molecule has 0 amide bonds. The molecule has 1 aromatic carbocycles. The maximum Gasteiger partial charge on any atom is 0.387 e. The van der Waals surface area contributed by atoms with Crippen LogP contribution in [-0.2, 0) is 6.54 Å². The van der Waals surface area contributed by atoms with Gasteiger partial charge in [-0.1, -0.05) is 19.3 Å². The highest BCUT2D eigenvalue weighted by Crippen LogP contribution is 2.39. The van der Waals surface area contributed by atoms with Crippen molar-refractivity contribution in [3.05, 3.63) is 17.7 Å². The Bertz CT molecular complexity index is 514. The van der Waals surface area contributed by atoms with E-state index in [1.807, 2.05) is 0 Å². The van der Waals surface area contributed by atoms with Crippen molar-refractivity contribution in [1.29, 1.82) is 0 Å². The van der Waals surface area contributed by atoms with E-state index in [9.17, 15) is 13.9 Å². The largest absolute Gasteiger partial charge is 0.493 e. The molecule has 0 aromatic heterocycles. The minimum absolute atomic E-state index is 0. The zero-order valence-corrected chi connectivity index (χ0v) is 15.3. The zero-order valence-electron chi connectivity index (χ0n) is 14.5. The predicted octanol–water partition coefficient (Wildman–Crippen LogP) is 3.51. The topological polar surface area (TPSA) is 60.0 Å². The van der Waals surface area contributed by atoms with Gasteiger partial charge in [0.2, 0.25) is 5.75 Å². The summed E-state index contributed by atoms with van der Waals surface area (Å²) in [6, 6.07) is 3.25. The van der Waals surface area contributed by atoms with Crippen molar-refractivity contribution in [2.75, 3.05) is 20.8 Å². The van der Waals surface area contributed by atoms with Gasteiger partial charge in [0.1, 0.15) is 0 Å². The number of benzene rings is 1. The number of hydrogen-bond donors (Lipinski definition) is 2. The second-order valence-corrected chi connectivity index (χ2v) is 6.10. The Morgan fingerprint density at radius 1 is 1.12 bits per heavy atom. The van der Waals surface area contributed by atoms with Crippen molar-refractivity contribution in [3.63, 3.8) is 0 Å². The highest BCUT2D eigenvalue weighted by Gasteiger charge is 2.28. The molecule has 1 fully saturated rings. The highest BCUT2D eigenvalue weighted by molar-refractivity contribution is 5.85. The Morgan fingerprint density at radius 3 is 2.16 bits per heavy atom. The highest BCUT2D eigenvalue weighted by atomic mass is 35.5. The summed E-state index contributed by atoms with van der Waals surface area (Å²) in [5, 5.41) is 13.7. The summed E-state index contributed by atoms with van der Waals surface area (Å²) in [6.45, 7) is -2.01. The van der Waals surface area contributed by atoms with Crippen LogP contribution < -0.4 is 19.5 Å². The predicted molar refractivity (Wildman–Crippen MR) is 93.2 cm³/mol. The lowest BCUT2D eigenvalue weighted by Gasteiger charge is -2.32. The molecule has 8 heteroatoms. The third kappa shape index (κ3) is 6.17. The van der Waals surface area contributed by atoms with Gasteiger partial charge in [-0.05, 0) is 30.5 Å². The van der Waals surface area contributed by atoms with Crippen LogP contribution in [0.15, 0.2) is 12.1 Å². The summed E-state index contributed by atoms with van der Waals surface area (Å²) in [6.07, 6.45) is 4.85. The normalized spacial score (nSPS) is 16.2. The summed E-state index contributed by atoms with van der Waals surface area (Å²) in [4.78, 5) is 0. The Balaban J connectivity index is 0.00000312. The molecule has 0 heterocycles.